The molecule has 1 fully saturated rings. The molecule has 8 heteroatoms. The van der Waals surface area contributed by atoms with E-state index >= 15 is 0 Å². The summed E-state index contributed by atoms with van der Waals surface area (Å²) in [5.74, 6) is 0. The lowest BCUT2D eigenvalue weighted by Gasteiger charge is -2.34. The smallest absolute Gasteiger partial charge is 0.336 e. The molecule has 2 heterocycles. The third kappa shape index (κ3) is 4.35. The number of hydrogen-bond donors (Lipinski definition) is 0. The van der Waals surface area contributed by atoms with Crippen LogP contribution in [0.5, 0.6) is 0 Å². The lowest BCUT2D eigenvalue weighted by molar-refractivity contribution is 0.182. The molecule has 0 atom stereocenters. The molecule has 3 aromatic rings. The molecule has 0 N–H and O–H groups in total. The molecule has 1 saturated heterocycles. The Morgan fingerprint density at radius 3 is 2.16 bits per heavy atom. The van der Waals surface area contributed by atoms with Crippen molar-refractivity contribution in [2.75, 3.05) is 26.2 Å². The van der Waals surface area contributed by atoms with Gasteiger partial charge in [0, 0.05) is 49.2 Å². The maximum atomic E-state index is 13.3. The summed E-state index contributed by atoms with van der Waals surface area (Å²) in [5.41, 5.74) is 4.40. The number of hydrogen-bond acceptors (Lipinski definition) is 5. The van der Waals surface area contributed by atoms with Crippen LogP contribution in [0.25, 0.3) is 11.0 Å². The minimum atomic E-state index is -3.56. The Morgan fingerprint density at radius 1 is 0.906 bits per heavy atom. The minimum Gasteiger partial charge on any atom is -0.423 e. The van der Waals surface area contributed by atoms with Crippen LogP contribution in [0.2, 0.25) is 5.02 Å². The molecule has 170 valence electrons. The zero-order valence-electron chi connectivity index (χ0n) is 18.7. The summed E-state index contributed by atoms with van der Waals surface area (Å²) >= 11 is 6.30. The first-order valence-electron chi connectivity index (χ1n) is 10.6. The van der Waals surface area contributed by atoms with Gasteiger partial charge in [-0.1, -0.05) is 29.3 Å². The fourth-order valence-corrected chi connectivity index (χ4v) is 6.55. The van der Waals surface area contributed by atoms with Gasteiger partial charge in [0.25, 0.3) is 0 Å². The van der Waals surface area contributed by atoms with Crippen molar-refractivity contribution in [3.63, 3.8) is 0 Å². The van der Waals surface area contributed by atoms with E-state index in [2.05, 4.69) is 4.90 Å². The highest BCUT2D eigenvalue weighted by Crippen LogP contribution is 2.28. The molecule has 1 aliphatic heterocycles. The van der Waals surface area contributed by atoms with Crippen LogP contribution in [0.4, 0.5) is 0 Å². The van der Waals surface area contributed by atoms with Crippen LogP contribution in [0, 0.1) is 27.7 Å². The summed E-state index contributed by atoms with van der Waals surface area (Å²) in [6.07, 6.45) is 0. The normalized spacial score (nSPS) is 16.0. The van der Waals surface area contributed by atoms with Crippen LogP contribution in [-0.4, -0.2) is 43.8 Å². The first-order valence-corrected chi connectivity index (χ1v) is 12.4. The lowest BCUT2D eigenvalue weighted by Crippen LogP contribution is -2.48. The predicted molar refractivity (Wildman–Crippen MR) is 127 cm³/mol. The number of rotatable bonds is 4. The molecule has 0 radical (unpaired) electrons. The summed E-state index contributed by atoms with van der Waals surface area (Å²) < 4.78 is 33.6. The molecule has 6 nitrogen and oxygen atoms in total. The maximum Gasteiger partial charge on any atom is 0.336 e. The minimum absolute atomic E-state index is 0.397. The van der Waals surface area contributed by atoms with Crippen LogP contribution in [0.15, 0.2) is 44.4 Å². The quantitative estimate of drug-likeness (QED) is 0.530. The Kier molecular flexibility index (Phi) is 6.20. The van der Waals surface area contributed by atoms with Gasteiger partial charge in [-0.25, -0.2) is 13.2 Å². The van der Waals surface area contributed by atoms with E-state index in [1.807, 2.05) is 45.9 Å². The van der Waals surface area contributed by atoms with E-state index in [-0.39, 0.29) is 0 Å². The van der Waals surface area contributed by atoms with Gasteiger partial charge in [0.1, 0.15) is 5.58 Å². The highest BCUT2D eigenvalue weighted by molar-refractivity contribution is 7.89. The zero-order chi connectivity index (χ0) is 23.2. The van der Waals surface area contributed by atoms with Crippen molar-refractivity contribution in [3.8, 4) is 0 Å². The first-order chi connectivity index (χ1) is 15.1. The average Bonchev–Trinajstić information content (AvgIpc) is 2.69. The molecule has 0 spiro atoms. The van der Waals surface area contributed by atoms with Gasteiger partial charge in [0.15, 0.2) is 0 Å². The monoisotopic (exact) mass is 474 g/mol. The Balaban J connectivity index is 1.54. The summed E-state index contributed by atoms with van der Waals surface area (Å²) in [5, 5.41) is 1.42. The van der Waals surface area contributed by atoms with Gasteiger partial charge in [-0.2, -0.15) is 4.31 Å². The fourth-order valence-electron chi connectivity index (χ4n) is 4.55. The third-order valence-corrected chi connectivity index (χ3v) is 8.65. The summed E-state index contributed by atoms with van der Waals surface area (Å²) in [6, 6.07) is 8.92. The second-order valence-corrected chi connectivity index (χ2v) is 10.9. The van der Waals surface area contributed by atoms with Gasteiger partial charge in [-0.3, -0.25) is 4.90 Å². The molecule has 0 bridgehead atoms. The summed E-state index contributed by atoms with van der Waals surface area (Å²) in [7, 11) is -3.56. The number of nitrogens with zero attached hydrogens (tertiary/aromatic N) is 2. The van der Waals surface area contributed by atoms with Gasteiger partial charge in [0.05, 0.1) is 4.90 Å². The molecular formula is C24H27ClN2O4S. The van der Waals surface area contributed by atoms with E-state index in [4.69, 9.17) is 16.0 Å². The maximum absolute atomic E-state index is 13.3. The summed E-state index contributed by atoms with van der Waals surface area (Å²) in [6.45, 7) is 10.0. The Bertz CT molecular complexity index is 1330. The molecule has 0 amide bonds. The van der Waals surface area contributed by atoms with Gasteiger partial charge in [-0.05, 0) is 62.1 Å². The number of piperazine rings is 1. The van der Waals surface area contributed by atoms with Crippen molar-refractivity contribution < 1.29 is 12.8 Å². The van der Waals surface area contributed by atoms with E-state index in [0.29, 0.717) is 48.2 Å². The van der Waals surface area contributed by atoms with E-state index in [9.17, 15) is 13.2 Å². The van der Waals surface area contributed by atoms with E-state index < -0.39 is 15.6 Å². The average molecular weight is 475 g/mol. The van der Waals surface area contributed by atoms with Gasteiger partial charge in [-0.15, -0.1) is 0 Å². The number of halogens is 1. The van der Waals surface area contributed by atoms with E-state index in [1.165, 1.54) is 6.07 Å². The SMILES string of the molecule is Cc1cc(C)c(S(=O)(=O)N2CCN(Cc3cc(=O)oc4cc(C)c(Cl)cc34)CC2)c(C)c1. The standard InChI is InChI=1S/C24H27ClN2O4S/c1-15-9-17(3)24(18(4)10-15)32(29,30)27-7-5-26(6-8-27)14-19-12-23(28)31-22-11-16(2)21(25)13-20(19)22/h9-13H,5-8,14H2,1-4H3. The van der Waals surface area contributed by atoms with Crippen LogP contribution in [0.1, 0.15) is 27.8 Å². The van der Waals surface area contributed by atoms with Crippen molar-refractivity contribution in [1.82, 2.24) is 9.21 Å². The Labute approximate surface area is 193 Å². The van der Waals surface area contributed by atoms with E-state index in [0.717, 1.165) is 33.2 Å². The van der Waals surface area contributed by atoms with Crippen LogP contribution in [0.3, 0.4) is 0 Å². The highest BCUT2D eigenvalue weighted by Gasteiger charge is 2.31. The Hall–Kier alpha value is -2.19. The van der Waals surface area contributed by atoms with Gasteiger partial charge in [0.2, 0.25) is 10.0 Å². The molecule has 1 aliphatic rings. The largest absolute Gasteiger partial charge is 0.423 e. The fraction of sp³-hybridized carbons (Fsp3) is 0.375. The number of benzene rings is 2. The molecule has 32 heavy (non-hydrogen) atoms. The van der Waals surface area contributed by atoms with Crippen LogP contribution >= 0.6 is 11.6 Å². The second kappa shape index (κ2) is 8.63. The van der Waals surface area contributed by atoms with Gasteiger partial charge >= 0.3 is 5.63 Å². The molecule has 1 aromatic heterocycles. The lowest BCUT2D eigenvalue weighted by atomic mass is 10.1. The van der Waals surface area contributed by atoms with Crippen molar-refractivity contribution >= 4 is 32.6 Å². The number of sulfonamides is 1. The second-order valence-electron chi connectivity index (χ2n) is 8.60. The molecule has 4 rings (SSSR count). The topological polar surface area (TPSA) is 70.8 Å². The molecule has 2 aromatic carbocycles. The third-order valence-electron chi connectivity index (χ3n) is 6.04. The summed E-state index contributed by atoms with van der Waals surface area (Å²) in [4.78, 5) is 14.6. The Morgan fingerprint density at radius 2 is 1.53 bits per heavy atom. The zero-order valence-corrected chi connectivity index (χ0v) is 20.3. The number of aryl methyl sites for hydroxylation is 4. The van der Waals surface area contributed by atoms with E-state index in [1.54, 1.807) is 10.4 Å². The van der Waals surface area contributed by atoms with Crippen LogP contribution < -0.4 is 5.63 Å². The number of fused-ring (bicyclic) bond motifs is 1. The molecule has 0 saturated carbocycles. The van der Waals surface area contributed by atoms with Crippen molar-refractivity contribution in [2.45, 2.75) is 39.1 Å². The molecule has 0 unspecified atom stereocenters. The predicted octanol–water partition coefficient (Wildman–Crippen LogP) is 4.19. The highest BCUT2D eigenvalue weighted by atomic mass is 35.5. The van der Waals surface area contributed by atoms with Crippen LogP contribution in [-0.2, 0) is 16.6 Å². The van der Waals surface area contributed by atoms with Gasteiger partial charge < -0.3 is 4.42 Å². The molecule has 0 aliphatic carbocycles. The van der Waals surface area contributed by atoms with Crippen molar-refractivity contribution in [3.05, 3.63) is 73.6 Å². The van der Waals surface area contributed by atoms with Crippen molar-refractivity contribution in [1.29, 1.82) is 0 Å². The molecular weight excluding hydrogens is 448 g/mol. The van der Waals surface area contributed by atoms with Crippen molar-refractivity contribution in [2.24, 2.45) is 0 Å². The first kappa shape index (κ1) is 23.0.